The highest BCUT2D eigenvalue weighted by Crippen LogP contribution is 2.08. The molecule has 0 saturated carbocycles. The third-order valence-electron chi connectivity index (χ3n) is 6.14. The van der Waals surface area contributed by atoms with E-state index in [0.717, 1.165) is 25.7 Å². The van der Waals surface area contributed by atoms with Crippen molar-refractivity contribution >= 4 is 39.5 Å². The minimum Gasteiger partial charge on any atom is -0.356 e. The van der Waals surface area contributed by atoms with Gasteiger partial charge in [0, 0.05) is 65.2 Å². The second kappa shape index (κ2) is 26.7. The maximum atomic E-state index is 12.0. The minimum absolute atomic E-state index is 0.0140. The van der Waals surface area contributed by atoms with Gasteiger partial charge in [-0.2, -0.15) is 8.42 Å². The zero-order valence-electron chi connectivity index (χ0n) is 26.1. The Labute approximate surface area is 260 Å². The fraction of sp³-hybridized carbons (Fsp3) is 0.815. The Morgan fingerprint density at radius 1 is 0.636 bits per heavy atom. The first-order chi connectivity index (χ1) is 20.6. The van der Waals surface area contributed by atoms with Gasteiger partial charge in [0.25, 0.3) is 10.1 Å². The molecule has 4 amide bonds. The maximum Gasteiger partial charge on any atom is 0.261 e. The molecule has 0 atom stereocenters. The molecule has 0 fully saturated rings. The second-order valence-corrected chi connectivity index (χ2v) is 11.8. The van der Waals surface area contributed by atoms with Crippen LogP contribution in [0.4, 0.5) is 0 Å². The summed E-state index contributed by atoms with van der Waals surface area (Å²) in [4.78, 5) is 58.5. The second-order valence-electron chi connectivity index (χ2n) is 10.4. The average molecular weight is 656 g/mol. The Morgan fingerprint density at radius 3 is 1.57 bits per heavy atom. The predicted octanol–water partition coefficient (Wildman–Crippen LogP) is 1.66. The molecule has 0 bridgehead atoms. The molecule has 0 aliphatic heterocycles. The molecular weight excluding hydrogens is 602 g/mol. The molecule has 0 aliphatic rings. The van der Waals surface area contributed by atoms with Crippen LogP contribution in [0.3, 0.4) is 0 Å². The summed E-state index contributed by atoms with van der Waals surface area (Å²) in [6.45, 7) is 2.87. The van der Waals surface area contributed by atoms with E-state index in [1.54, 1.807) is 0 Å². The van der Waals surface area contributed by atoms with E-state index in [4.69, 9.17) is 10.3 Å². The lowest BCUT2D eigenvalue weighted by atomic mass is 10.1. The molecule has 0 radical (unpaired) electrons. The molecule has 0 rings (SSSR count). The van der Waals surface area contributed by atoms with Crippen LogP contribution < -0.4 is 11.1 Å². The van der Waals surface area contributed by atoms with E-state index in [0.29, 0.717) is 79.5 Å². The van der Waals surface area contributed by atoms with Gasteiger partial charge < -0.3 is 11.1 Å². The van der Waals surface area contributed by atoms with Crippen LogP contribution in [0.2, 0.25) is 0 Å². The number of Topliss-reactive ketones (excluding diaryl/α,β-unsaturated/α-hetero) is 1. The van der Waals surface area contributed by atoms with Crippen LogP contribution in [-0.4, -0.2) is 112 Å². The number of hydroxylamine groups is 6. The summed E-state index contributed by atoms with van der Waals surface area (Å²) in [6.07, 6.45) is 8.01. The zero-order chi connectivity index (χ0) is 34.0. The van der Waals surface area contributed by atoms with E-state index < -0.39 is 27.8 Å². The van der Waals surface area contributed by atoms with Gasteiger partial charge in [0.1, 0.15) is 5.78 Å². The van der Waals surface area contributed by atoms with E-state index >= 15 is 0 Å². The fourth-order valence-electron chi connectivity index (χ4n) is 3.66. The molecule has 258 valence electrons. The number of hydrogen-bond donors (Lipinski definition) is 6. The van der Waals surface area contributed by atoms with Crippen LogP contribution in [0.15, 0.2) is 0 Å². The molecule has 16 nitrogen and oxygen atoms in total. The van der Waals surface area contributed by atoms with Crippen molar-refractivity contribution < 1.29 is 52.6 Å². The topological polar surface area (TPSA) is 248 Å². The van der Waals surface area contributed by atoms with Crippen LogP contribution in [0.5, 0.6) is 0 Å². The summed E-state index contributed by atoms with van der Waals surface area (Å²) in [5.74, 6) is -1.74. The normalized spacial score (nSPS) is 10.8. The van der Waals surface area contributed by atoms with Crippen molar-refractivity contribution in [1.82, 2.24) is 20.5 Å². The largest absolute Gasteiger partial charge is 0.356 e. The number of nitrogens with zero attached hydrogens (tertiary/aromatic N) is 3. The van der Waals surface area contributed by atoms with Gasteiger partial charge in [-0.15, -0.1) is 0 Å². The van der Waals surface area contributed by atoms with Crippen LogP contribution in [-0.2, 0) is 34.1 Å². The van der Waals surface area contributed by atoms with Gasteiger partial charge in [-0.3, -0.25) is 44.1 Å². The molecule has 0 unspecified atom stereocenters. The summed E-state index contributed by atoms with van der Waals surface area (Å²) < 4.78 is 25.9. The number of rotatable bonds is 24. The number of hydrogen-bond acceptors (Lipinski definition) is 11. The molecule has 0 aliphatic carbocycles. The summed E-state index contributed by atoms with van der Waals surface area (Å²) in [5, 5.41) is 33.5. The van der Waals surface area contributed by atoms with Crippen molar-refractivity contribution in [2.45, 2.75) is 103 Å². The average Bonchev–Trinajstić information content (AvgIpc) is 2.94. The third-order valence-corrected chi connectivity index (χ3v) is 6.14. The van der Waals surface area contributed by atoms with E-state index in [9.17, 15) is 48.0 Å². The Hall–Kier alpha value is -2.70. The van der Waals surface area contributed by atoms with E-state index in [1.165, 1.54) is 6.92 Å². The maximum absolute atomic E-state index is 12.0. The Morgan fingerprint density at radius 2 is 1.07 bits per heavy atom. The molecule has 44 heavy (non-hydrogen) atoms. The predicted molar refractivity (Wildman–Crippen MR) is 160 cm³/mol. The summed E-state index contributed by atoms with van der Waals surface area (Å²) in [6, 6.07) is 0. The number of amides is 4. The van der Waals surface area contributed by atoms with Gasteiger partial charge in [-0.05, 0) is 51.5 Å². The monoisotopic (exact) mass is 655 g/mol. The van der Waals surface area contributed by atoms with Crippen molar-refractivity contribution in [2.75, 3.05) is 39.0 Å². The van der Waals surface area contributed by atoms with Crippen molar-refractivity contribution in [2.24, 2.45) is 5.73 Å². The van der Waals surface area contributed by atoms with Gasteiger partial charge in [-0.1, -0.05) is 19.3 Å². The van der Waals surface area contributed by atoms with E-state index in [-0.39, 0.29) is 57.0 Å². The Balaban J connectivity index is 0. The number of unbranched alkanes of at least 4 members (excludes halogenated alkanes) is 7. The quantitative estimate of drug-likeness (QED) is 0.0376. The first-order valence-corrected chi connectivity index (χ1v) is 16.8. The van der Waals surface area contributed by atoms with Crippen LogP contribution in [0.25, 0.3) is 0 Å². The molecular formula is C27H53N5O11S. The van der Waals surface area contributed by atoms with Gasteiger partial charge in [-0.25, -0.2) is 15.2 Å². The lowest BCUT2D eigenvalue weighted by Crippen LogP contribution is -2.31. The standard InChI is InChI=1S/C26H49N5O8.CH4O3S/c1-22(32)29(37)19-9-3-2-6-12-23(33)13-15-25(35)30(38)21-11-5-8-18-28-24(34)14-16-26(36)31(39)20-10-4-7-17-27;1-5(2,3)4/h37-39H,2-21,27H2,1H3,(H,28,34);1H3,(H,2,3,4). The highest BCUT2D eigenvalue weighted by atomic mass is 32.2. The van der Waals surface area contributed by atoms with E-state index in [1.807, 2.05) is 0 Å². The van der Waals surface area contributed by atoms with Gasteiger partial charge in [0.15, 0.2) is 0 Å². The molecule has 0 aromatic rings. The number of nitrogens with two attached hydrogens (primary N) is 1. The summed E-state index contributed by atoms with van der Waals surface area (Å²) in [7, 11) is -3.67. The van der Waals surface area contributed by atoms with E-state index in [2.05, 4.69) is 5.32 Å². The van der Waals surface area contributed by atoms with Crippen LogP contribution in [0, 0.1) is 0 Å². The zero-order valence-corrected chi connectivity index (χ0v) is 26.9. The number of carbonyl (C=O) groups is 5. The summed E-state index contributed by atoms with van der Waals surface area (Å²) in [5.41, 5.74) is 5.40. The first-order valence-electron chi connectivity index (χ1n) is 14.9. The van der Waals surface area contributed by atoms with Crippen molar-refractivity contribution in [1.29, 1.82) is 0 Å². The molecule has 7 N–H and O–H groups in total. The van der Waals surface area contributed by atoms with Gasteiger partial charge in [0.05, 0.1) is 6.26 Å². The van der Waals surface area contributed by atoms with Crippen LogP contribution in [0.1, 0.15) is 103 Å². The molecule has 0 spiro atoms. The minimum atomic E-state index is -3.67. The molecule has 0 aromatic carbocycles. The Kier molecular flexibility index (Phi) is 26.3. The van der Waals surface area contributed by atoms with Crippen LogP contribution >= 0.6 is 0 Å². The lowest BCUT2D eigenvalue weighted by Gasteiger charge is -2.15. The van der Waals surface area contributed by atoms with Crippen molar-refractivity contribution in [3.05, 3.63) is 0 Å². The summed E-state index contributed by atoms with van der Waals surface area (Å²) >= 11 is 0. The highest BCUT2D eigenvalue weighted by molar-refractivity contribution is 7.85. The highest BCUT2D eigenvalue weighted by Gasteiger charge is 2.14. The molecule has 0 heterocycles. The smallest absolute Gasteiger partial charge is 0.261 e. The number of carbonyl (C=O) groups excluding carboxylic acids is 5. The fourth-order valence-corrected chi connectivity index (χ4v) is 3.66. The molecule has 17 heteroatoms. The van der Waals surface area contributed by atoms with Crippen molar-refractivity contribution in [3.63, 3.8) is 0 Å². The molecule has 0 saturated heterocycles. The lowest BCUT2D eigenvalue weighted by molar-refractivity contribution is -0.166. The number of ketones is 1. The number of nitrogens with one attached hydrogen (secondary N) is 1. The third kappa shape index (κ3) is 30.7. The van der Waals surface area contributed by atoms with Gasteiger partial charge in [0.2, 0.25) is 23.6 Å². The molecule has 0 aromatic heterocycles. The SMILES string of the molecule is CC(=O)N(O)CCCCCCC(=O)CCC(=O)N(O)CCCCCNC(=O)CCC(=O)N(O)CCCCCN.CS(=O)(=O)O. The van der Waals surface area contributed by atoms with Crippen molar-refractivity contribution in [3.8, 4) is 0 Å². The Bertz CT molecular complexity index is 942. The van der Waals surface area contributed by atoms with Gasteiger partial charge >= 0.3 is 0 Å². The first kappa shape index (κ1) is 43.4.